The third kappa shape index (κ3) is 4.28. The number of rotatable bonds is 7. The standard InChI is InChI=1S/C21H20ClNO5/c1-4-26-15-8-6-14(7-9-15)20-23-17(21(24)28-20)11-13-10-16(22)19(27-5-2)18(12-13)25-3/h6-12H,4-5H2,1-3H3/b17-11-. The fourth-order valence-electron chi connectivity index (χ4n) is 2.66. The Morgan fingerprint density at radius 1 is 1.11 bits per heavy atom. The van der Waals surface area contributed by atoms with Gasteiger partial charge in [-0.15, -0.1) is 0 Å². The number of ether oxygens (including phenoxy) is 4. The molecule has 6 nitrogen and oxygen atoms in total. The Morgan fingerprint density at radius 2 is 1.82 bits per heavy atom. The van der Waals surface area contributed by atoms with Crippen LogP contribution in [-0.2, 0) is 9.53 Å². The average Bonchev–Trinajstić information content (AvgIpc) is 3.05. The highest BCUT2D eigenvalue weighted by atomic mass is 35.5. The summed E-state index contributed by atoms with van der Waals surface area (Å²) in [6.45, 7) is 4.81. The molecular formula is C21H20ClNO5. The van der Waals surface area contributed by atoms with Gasteiger partial charge in [0.15, 0.2) is 17.2 Å². The number of benzene rings is 2. The van der Waals surface area contributed by atoms with Gasteiger partial charge in [0.05, 0.1) is 25.3 Å². The molecule has 0 fully saturated rings. The molecule has 2 aromatic carbocycles. The van der Waals surface area contributed by atoms with Crippen LogP contribution in [0.1, 0.15) is 25.0 Å². The van der Waals surface area contributed by atoms with Gasteiger partial charge in [0, 0.05) is 5.56 Å². The zero-order valence-electron chi connectivity index (χ0n) is 15.8. The van der Waals surface area contributed by atoms with Crippen molar-refractivity contribution in [3.05, 3.63) is 58.2 Å². The summed E-state index contributed by atoms with van der Waals surface area (Å²) < 4.78 is 21.5. The summed E-state index contributed by atoms with van der Waals surface area (Å²) in [5, 5.41) is 0.384. The molecule has 7 heteroatoms. The zero-order chi connectivity index (χ0) is 20.1. The molecule has 0 spiro atoms. The van der Waals surface area contributed by atoms with Crippen molar-refractivity contribution >= 4 is 29.5 Å². The minimum Gasteiger partial charge on any atom is -0.494 e. The summed E-state index contributed by atoms with van der Waals surface area (Å²) in [5.74, 6) is 1.38. The number of aliphatic imine (C=N–C) groups is 1. The fraction of sp³-hybridized carbons (Fsp3) is 0.238. The Bertz CT molecular complexity index is 935. The summed E-state index contributed by atoms with van der Waals surface area (Å²) in [6, 6.07) is 10.6. The van der Waals surface area contributed by atoms with Crippen molar-refractivity contribution < 1.29 is 23.7 Å². The quantitative estimate of drug-likeness (QED) is 0.505. The Hall–Kier alpha value is -2.99. The number of carbonyl (C=O) groups excluding carboxylic acids is 1. The van der Waals surface area contributed by atoms with Crippen LogP contribution in [0.25, 0.3) is 6.08 Å². The first kappa shape index (κ1) is 19.8. The highest BCUT2D eigenvalue weighted by molar-refractivity contribution is 6.32. The summed E-state index contributed by atoms with van der Waals surface area (Å²) in [6.07, 6.45) is 1.59. The molecule has 146 valence electrons. The number of carbonyl (C=O) groups is 1. The third-order valence-electron chi connectivity index (χ3n) is 3.88. The molecule has 0 amide bonds. The van der Waals surface area contributed by atoms with E-state index in [1.165, 1.54) is 7.11 Å². The van der Waals surface area contributed by atoms with E-state index in [0.717, 1.165) is 5.75 Å². The number of hydrogen-bond acceptors (Lipinski definition) is 6. The fourth-order valence-corrected chi connectivity index (χ4v) is 2.93. The first-order valence-electron chi connectivity index (χ1n) is 8.81. The van der Waals surface area contributed by atoms with Crippen LogP contribution < -0.4 is 14.2 Å². The molecule has 0 bridgehead atoms. The minimum absolute atomic E-state index is 0.172. The van der Waals surface area contributed by atoms with Gasteiger partial charge in [0.1, 0.15) is 5.75 Å². The van der Waals surface area contributed by atoms with Gasteiger partial charge < -0.3 is 18.9 Å². The molecule has 1 aliphatic heterocycles. The predicted octanol–water partition coefficient (Wildman–Crippen LogP) is 4.49. The van der Waals surface area contributed by atoms with Crippen molar-refractivity contribution in [2.75, 3.05) is 20.3 Å². The summed E-state index contributed by atoms with van der Waals surface area (Å²) in [4.78, 5) is 16.5. The van der Waals surface area contributed by atoms with E-state index < -0.39 is 5.97 Å². The van der Waals surface area contributed by atoms with E-state index >= 15 is 0 Å². The Balaban J connectivity index is 1.89. The highest BCUT2D eigenvalue weighted by Crippen LogP contribution is 2.37. The van der Waals surface area contributed by atoms with Crippen LogP contribution >= 0.6 is 11.6 Å². The molecule has 0 aromatic heterocycles. The van der Waals surface area contributed by atoms with Crippen molar-refractivity contribution in [2.45, 2.75) is 13.8 Å². The van der Waals surface area contributed by atoms with Crippen LogP contribution in [0, 0.1) is 0 Å². The van der Waals surface area contributed by atoms with Gasteiger partial charge in [0.25, 0.3) is 0 Å². The van der Waals surface area contributed by atoms with Crippen LogP contribution in [0.15, 0.2) is 47.1 Å². The second-order valence-corrected chi connectivity index (χ2v) is 6.17. The molecule has 0 saturated heterocycles. The maximum absolute atomic E-state index is 12.2. The molecule has 0 radical (unpaired) electrons. The van der Waals surface area contributed by atoms with Crippen molar-refractivity contribution in [1.29, 1.82) is 0 Å². The van der Waals surface area contributed by atoms with Crippen LogP contribution in [-0.4, -0.2) is 32.2 Å². The van der Waals surface area contributed by atoms with Crippen molar-refractivity contribution in [2.24, 2.45) is 4.99 Å². The van der Waals surface area contributed by atoms with Crippen LogP contribution in [0.5, 0.6) is 17.2 Å². The maximum atomic E-state index is 12.2. The van der Waals surface area contributed by atoms with Gasteiger partial charge in [-0.25, -0.2) is 9.79 Å². The molecule has 0 unspecified atom stereocenters. The molecule has 1 aliphatic rings. The van der Waals surface area contributed by atoms with Gasteiger partial charge in [0.2, 0.25) is 5.90 Å². The van der Waals surface area contributed by atoms with E-state index in [-0.39, 0.29) is 11.6 Å². The monoisotopic (exact) mass is 401 g/mol. The molecule has 0 saturated carbocycles. The summed E-state index contributed by atoms with van der Waals surface area (Å²) in [7, 11) is 1.52. The van der Waals surface area contributed by atoms with E-state index in [0.29, 0.717) is 40.9 Å². The van der Waals surface area contributed by atoms with E-state index in [9.17, 15) is 4.79 Å². The molecule has 0 aliphatic carbocycles. The minimum atomic E-state index is -0.534. The van der Waals surface area contributed by atoms with E-state index in [1.54, 1.807) is 42.5 Å². The zero-order valence-corrected chi connectivity index (χ0v) is 16.6. The maximum Gasteiger partial charge on any atom is 0.363 e. The number of esters is 1. The lowest BCUT2D eigenvalue weighted by Crippen LogP contribution is -2.05. The largest absolute Gasteiger partial charge is 0.494 e. The number of methoxy groups -OCH3 is 1. The predicted molar refractivity (Wildman–Crippen MR) is 107 cm³/mol. The van der Waals surface area contributed by atoms with Gasteiger partial charge in [-0.05, 0) is 61.9 Å². The lowest BCUT2D eigenvalue weighted by molar-refractivity contribution is -0.129. The SMILES string of the molecule is CCOc1ccc(C2=N/C(=C\c3cc(Cl)c(OCC)c(OC)c3)C(=O)O2)cc1. The van der Waals surface area contributed by atoms with Gasteiger partial charge in [-0.2, -0.15) is 0 Å². The molecule has 0 N–H and O–H groups in total. The van der Waals surface area contributed by atoms with Crippen LogP contribution in [0.4, 0.5) is 0 Å². The smallest absolute Gasteiger partial charge is 0.363 e. The number of hydrogen-bond donors (Lipinski definition) is 0. The molecular weight excluding hydrogens is 382 g/mol. The topological polar surface area (TPSA) is 66.3 Å². The van der Waals surface area contributed by atoms with Gasteiger partial charge in [-0.3, -0.25) is 0 Å². The lowest BCUT2D eigenvalue weighted by Gasteiger charge is -2.11. The molecule has 28 heavy (non-hydrogen) atoms. The number of halogens is 1. The Morgan fingerprint density at radius 3 is 2.46 bits per heavy atom. The summed E-state index contributed by atoms with van der Waals surface area (Å²) >= 11 is 6.28. The lowest BCUT2D eigenvalue weighted by atomic mass is 10.1. The van der Waals surface area contributed by atoms with Crippen molar-refractivity contribution in [3.63, 3.8) is 0 Å². The first-order valence-corrected chi connectivity index (χ1v) is 9.19. The molecule has 0 atom stereocenters. The highest BCUT2D eigenvalue weighted by Gasteiger charge is 2.24. The molecule has 2 aromatic rings. The Labute approximate surface area is 168 Å². The third-order valence-corrected chi connectivity index (χ3v) is 4.16. The number of cyclic esters (lactones) is 1. The van der Waals surface area contributed by atoms with E-state index in [1.807, 2.05) is 13.8 Å². The normalized spacial score (nSPS) is 14.6. The van der Waals surface area contributed by atoms with Gasteiger partial charge in [-0.1, -0.05) is 11.6 Å². The molecule has 3 rings (SSSR count). The van der Waals surface area contributed by atoms with Gasteiger partial charge >= 0.3 is 5.97 Å². The number of nitrogens with zero attached hydrogens (tertiary/aromatic N) is 1. The van der Waals surface area contributed by atoms with Crippen LogP contribution in [0.3, 0.4) is 0 Å². The molecule has 1 heterocycles. The van der Waals surface area contributed by atoms with E-state index in [2.05, 4.69) is 4.99 Å². The average molecular weight is 402 g/mol. The van der Waals surface area contributed by atoms with Crippen molar-refractivity contribution in [3.8, 4) is 17.2 Å². The second-order valence-electron chi connectivity index (χ2n) is 5.76. The second kappa shape index (κ2) is 8.80. The van der Waals surface area contributed by atoms with E-state index in [4.69, 9.17) is 30.5 Å². The Kier molecular flexibility index (Phi) is 6.21. The summed E-state index contributed by atoms with van der Waals surface area (Å²) in [5.41, 5.74) is 1.50. The first-order chi connectivity index (χ1) is 13.5. The van der Waals surface area contributed by atoms with Crippen molar-refractivity contribution in [1.82, 2.24) is 0 Å². The van der Waals surface area contributed by atoms with Crippen LogP contribution in [0.2, 0.25) is 5.02 Å².